The summed E-state index contributed by atoms with van der Waals surface area (Å²) in [5.41, 5.74) is 4.93. The van der Waals surface area contributed by atoms with E-state index >= 15 is 0 Å². The Hall–Kier alpha value is -1.88. The Labute approximate surface area is 119 Å². The molecule has 20 heavy (non-hydrogen) atoms. The van der Waals surface area contributed by atoms with Crippen LogP contribution < -0.4 is 15.4 Å². The van der Waals surface area contributed by atoms with Gasteiger partial charge in [0.15, 0.2) is 0 Å². The number of aromatic carboxylic acids is 1. The molecule has 0 radical (unpaired) electrons. The molecule has 1 heterocycles. The van der Waals surface area contributed by atoms with E-state index in [-0.39, 0.29) is 5.56 Å². The van der Waals surface area contributed by atoms with Gasteiger partial charge in [-0.25, -0.2) is 0 Å². The van der Waals surface area contributed by atoms with Crippen LogP contribution in [0.25, 0.3) is 0 Å². The quantitative estimate of drug-likeness (QED) is 0.754. The maximum absolute atomic E-state index is 10.8. The van der Waals surface area contributed by atoms with Crippen molar-refractivity contribution in [2.45, 2.75) is 32.7 Å². The topological polar surface area (TPSA) is 69.0 Å². The average molecular weight is 275 g/mol. The zero-order valence-corrected chi connectivity index (χ0v) is 12.0. The number of carboxylic acid groups (broad SMARTS) is 1. The van der Waals surface area contributed by atoms with Crippen LogP contribution in [-0.4, -0.2) is 30.8 Å². The third kappa shape index (κ3) is 3.81. The molecule has 2 N–H and O–H groups in total. The maximum Gasteiger partial charge on any atom is 0.0826 e. The van der Waals surface area contributed by atoms with Gasteiger partial charge in [-0.2, -0.15) is 5.10 Å². The van der Waals surface area contributed by atoms with E-state index in [0.29, 0.717) is 11.7 Å². The van der Waals surface area contributed by atoms with Gasteiger partial charge >= 0.3 is 0 Å². The van der Waals surface area contributed by atoms with Crippen LogP contribution in [0.4, 0.5) is 5.69 Å². The third-order valence-corrected chi connectivity index (χ3v) is 3.73. The standard InChI is InChI=1S/C15H21N3O2/c1-11(2)18-8-6-13(7-9-18)16-17-14-5-3-4-12(10-14)15(19)20/h3-5,10-11,17H,6-9H2,1-2H3,(H,19,20). The van der Waals surface area contributed by atoms with E-state index in [2.05, 4.69) is 24.4 Å². The first-order chi connectivity index (χ1) is 9.56. The Bertz CT molecular complexity index is 502. The summed E-state index contributed by atoms with van der Waals surface area (Å²) in [5.74, 6) is -1.17. The molecule has 1 aliphatic heterocycles. The number of hydrazone groups is 1. The van der Waals surface area contributed by atoms with Gasteiger partial charge < -0.3 is 14.8 Å². The van der Waals surface area contributed by atoms with E-state index in [9.17, 15) is 9.90 Å². The lowest BCUT2D eigenvalue weighted by molar-refractivity contribution is -0.922. The van der Waals surface area contributed by atoms with Crippen LogP contribution in [0.5, 0.6) is 0 Å². The fraction of sp³-hybridized carbons (Fsp3) is 0.467. The number of benzene rings is 1. The fourth-order valence-corrected chi connectivity index (χ4v) is 2.41. The Kier molecular flexibility index (Phi) is 4.74. The predicted molar refractivity (Wildman–Crippen MR) is 76.9 cm³/mol. The van der Waals surface area contributed by atoms with Gasteiger partial charge in [0.2, 0.25) is 0 Å². The van der Waals surface area contributed by atoms with Gasteiger partial charge in [-0.3, -0.25) is 5.43 Å². The fourth-order valence-electron chi connectivity index (χ4n) is 2.41. The molecule has 0 amide bonds. The first-order valence-corrected chi connectivity index (χ1v) is 7.03. The molecule has 0 unspecified atom stereocenters. The summed E-state index contributed by atoms with van der Waals surface area (Å²) in [6, 6.07) is 7.18. The van der Waals surface area contributed by atoms with Crippen molar-refractivity contribution in [1.29, 1.82) is 0 Å². The zero-order chi connectivity index (χ0) is 14.5. The molecule has 1 saturated heterocycles. The molecule has 0 saturated carbocycles. The lowest BCUT2D eigenvalue weighted by Gasteiger charge is -2.27. The van der Waals surface area contributed by atoms with Crippen LogP contribution in [-0.2, 0) is 0 Å². The highest BCUT2D eigenvalue weighted by atomic mass is 16.4. The van der Waals surface area contributed by atoms with E-state index in [1.165, 1.54) is 12.1 Å². The summed E-state index contributed by atoms with van der Waals surface area (Å²) in [6.45, 7) is 6.69. The van der Waals surface area contributed by atoms with Gasteiger partial charge in [-0.15, -0.1) is 0 Å². The molecule has 0 aliphatic carbocycles. The number of quaternary nitrogens is 1. The molecule has 0 bridgehead atoms. The highest BCUT2D eigenvalue weighted by Gasteiger charge is 2.20. The molecule has 1 aromatic carbocycles. The van der Waals surface area contributed by atoms with Crippen molar-refractivity contribution >= 4 is 17.4 Å². The van der Waals surface area contributed by atoms with Crippen LogP contribution in [0.3, 0.4) is 0 Å². The lowest BCUT2D eigenvalue weighted by atomic mass is 10.1. The van der Waals surface area contributed by atoms with Crippen LogP contribution >= 0.6 is 0 Å². The first-order valence-electron chi connectivity index (χ1n) is 7.03. The van der Waals surface area contributed by atoms with E-state index in [4.69, 9.17) is 0 Å². The van der Waals surface area contributed by atoms with Crippen molar-refractivity contribution < 1.29 is 14.8 Å². The van der Waals surface area contributed by atoms with Gasteiger partial charge in [-0.05, 0) is 31.5 Å². The molecule has 1 fully saturated rings. The number of carboxylic acids is 1. The summed E-state index contributed by atoms with van der Waals surface area (Å²) < 4.78 is 0. The van der Waals surface area contributed by atoms with Crippen molar-refractivity contribution in [2.75, 3.05) is 18.5 Å². The number of nitrogens with one attached hydrogen (secondary N) is 2. The van der Waals surface area contributed by atoms with Crippen LogP contribution in [0.2, 0.25) is 0 Å². The van der Waals surface area contributed by atoms with E-state index in [1.54, 1.807) is 17.0 Å². The van der Waals surface area contributed by atoms with Gasteiger partial charge in [0.25, 0.3) is 0 Å². The minimum atomic E-state index is -1.17. The minimum Gasteiger partial charge on any atom is -0.545 e. The SMILES string of the molecule is CC(C)[NH+]1CCC(=NNc2cccc(C(=O)[O-])c2)CC1. The van der Waals surface area contributed by atoms with Crippen molar-refractivity contribution in [1.82, 2.24) is 0 Å². The number of hydrogen-bond donors (Lipinski definition) is 2. The lowest BCUT2D eigenvalue weighted by Crippen LogP contribution is -3.16. The van der Waals surface area contributed by atoms with Crippen molar-refractivity contribution in [2.24, 2.45) is 5.10 Å². The Morgan fingerprint density at radius 3 is 2.65 bits per heavy atom. The molecule has 108 valence electrons. The van der Waals surface area contributed by atoms with E-state index in [0.717, 1.165) is 31.6 Å². The van der Waals surface area contributed by atoms with Crippen LogP contribution in [0.15, 0.2) is 29.4 Å². The Balaban J connectivity index is 1.93. The number of hydrogen-bond acceptors (Lipinski definition) is 4. The Morgan fingerprint density at radius 2 is 2.05 bits per heavy atom. The molecule has 2 rings (SSSR count). The molecule has 0 aromatic heterocycles. The van der Waals surface area contributed by atoms with Crippen LogP contribution in [0, 0.1) is 0 Å². The highest BCUT2D eigenvalue weighted by molar-refractivity contribution is 5.88. The predicted octanol–water partition coefficient (Wildman–Crippen LogP) is -0.0949. The third-order valence-electron chi connectivity index (χ3n) is 3.73. The van der Waals surface area contributed by atoms with Crippen molar-refractivity contribution in [3.8, 4) is 0 Å². The van der Waals surface area contributed by atoms with Crippen molar-refractivity contribution in [3.63, 3.8) is 0 Å². The molecule has 5 heteroatoms. The maximum atomic E-state index is 10.8. The number of anilines is 1. The molecule has 5 nitrogen and oxygen atoms in total. The summed E-state index contributed by atoms with van der Waals surface area (Å²) in [4.78, 5) is 12.4. The monoisotopic (exact) mass is 275 g/mol. The largest absolute Gasteiger partial charge is 0.545 e. The summed E-state index contributed by atoms with van der Waals surface area (Å²) in [5, 5.41) is 15.2. The zero-order valence-electron chi connectivity index (χ0n) is 12.0. The second kappa shape index (κ2) is 6.52. The molecule has 1 aliphatic rings. The summed E-state index contributed by atoms with van der Waals surface area (Å²) in [6.07, 6.45) is 1.97. The van der Waals surface area contributed by atoms with E-state index in [1.807, 2.05) is 0 Å². The number of likely N-dealkylation sites (tertiary alicyclic amines) is 1. The van der Waals surface area contributed by atoms with Gasteiger partial charge in [0.1, 0.15) is 0 Å². The average Bonchev–Trinajstić information content (AvgIpc) is 2.46. The second-order valence-electron chi connectivity index (χ2n) is 5.47. The van der Waals surface area contributed by atoms with Crippen LogP contribution in [0.1, 0.15) is 37.0 Å². The highest BCUT2D eigenvalue weighted by Crippen LogP contribution is 2.10. The minimum absolute atomic E-state index is 0.161. The first kappa shape index (κ1) is 14.5. The second-order valence-corrected chi connectivity index (χ2v) is 5.47. The normalized spacial score (nSPS) is 18.9. The smallest absolute Gasteiger partial charge is 0.0826 e. The van der Waals surface area contributed by atoms with Gasteiger partial charge in [0.05, 0.1) is 30.8 Å². The van der Waals surface area contributed by atoms with Gasteiger partial charge in [0, 0.05) is 18.6 Å². The van der Waals surface area contributed by atoms with Gasteiger partial charge in [-0.1, -0.05) is 12.1 Å². The molecular weight excluding hydrogens is 254 g/mol. The Morgan fingerprint density at radius 1 is 1.35 bits per heavy atom. The summed E-state index contributed by atoms with van der Waals surface area (Å²) >= 11 is 0. The van der Waals surface area contributed by atoms with E-state index < -0.39 is 5.97 Å². The molecule has 0 spiro atoms. The molecular formula is C15H21N3O2. The number of carbonyl (C=O) groups is 1. The number of nitrogens with zero attached hydrogens (tertiary/aromatic N) is 1. The number of rotatable bonds is 4. The van der Waals surface area contributed by atoms with Crippen molar-refractivity contribution in [3.05, 3.63) is 29.8 Å². The summed E-state index contributed by atoms with van der Waals surface area (Å²) in [7, 11) is 0. The number of carbonyl (C=O) groups excluding carboxylic acids is 1. The molecule has 0 atom stereocenters. The molecule has 1 aromatic rings. The number of piperidine rings is 1.